The van der Waals surface area contributed by atoms with Crippen LogP contribution >= 0.6 is 0 Å². The molecule has 1 heterocycles. The van der Waals surface area contributed by atoms with E-state index in [0.717, 1.165) is 6.42 Å². The molecule has 1 aromatic rings. The summed E-state index contributed by atoms with van der Waals surface area (Å²) in [4.78, 5) is 11.3. The van der Waals surface area contributed by atoms with Crippen molar-refractivity contribution in [2.75, 3.05) is 20.3 Å². The molecule has 1 aliphatic rings. The first-order chi connectivity index (χ1) is 9.97. The molecule has 0 aliphatic carbocycles. The molecule has 0 amide bonds. The van der Waals surface area contributed by atoms with Crippen molar-refractivity contribution in [3.8, 4) is 0 Å². The lowest BCUT2D eigenvalue weighted by Gasteiger charge is -2.22. The average Bonchev–Trinajstić information content (AvgIpc) is 2.96. The minimum atomic E-state index is -3.46. The lowest BCUT2D eigenvalue weighted by molar-refractivity contribution is 0.0600. The molecule has 0 spiro atoms. The zero-order valence-corrected chi connectivity index (χ0v) is 12.7. The van der Waals surface area contributed by atoms with Crippen molar-refractivity contribution in [2.24, 2.45) is 0 Å². The van der Waals surface area contributed by atoms with Gasteiger partial charge >= 0.3 is 5.97 Å². The van der Waals surface area contributed by atoms with Crippen LogP contribution in [-0.4, -0.2) is 50.1 Å². The van der Waals surface area contributed by atoms with E-state index in [1.165, 1.54) is 11.4 Å². The quantitative estimate of drug-likeness (QED) is 0.811. The van der Waals surface area contributed by atoms with Gasteiger partial charge in [-0.1, -0.05) is 12.1 Å². The van der Waals surface area contributed by atoms with Crippen LogP contribution in [0.1, 0.15) is 28.8 Å². The fraction of sp³-hybridized carbons (Fsp3) is 0.500. The van der Waals surface area contributed by atoms with Crippen LogP contribution in [0.4, 0.5) is 0 Å². The molecule has 116 valence electrons. The van der Waals surface area contributed by atoms with Gasteiger partial charge in [0.2, 0.25) is 10.0 Å². The number of benzene rings is 1. The number of aliphatic hydroxyl groups is 1. The molecule has 1 atom stereocenters. The van der Waals surface area contributed by atoms with Crippen molar-refractivity contribution in [3.05, 3.63) is 35.4 Å². The van der Waals surface area contributed by atoms with Crippen molar-refractivity contribution in [1.29, 1.82) is 0 Å². The smallest absolute Gasteiger partial charge is 0.337 e. The Morgan fingerprint density at radius 3 is 2.62 bits per heavy atom. The molecule has 0 aromatic heterocycles. The van der Waals surface area contributed by atoms with Crippen LogP contribution in [0.25, 0.3) is 0 Å². The Morgan fingerprint density at radius 2 is 2.05 bits per heavy atom. The number of carbonyl (C=O) groups is 1. The zero-order chi connectivity index (χ0) is 15.5. The molecule has 1 N–H and O–H groups in total. The van der Waals surface area contributed by atoms with Gasteiger partial charge in [-0.15, -0.1) is 0 Å². The summed E-state index contributed by atoms with van der Waals surface area (Å²) in [5.41, 5.74) is 0.985. The van der Waals surface area contributed by atoms with Crippen LogP contribution in [0, 0.1) is 0 Å². The number of esters is 1. The van der Waals surface area contributed by atoms with Crippen molar-refractivity contribution < 1.29 is 23.1 Å². The van der Waals surface area contributed by atoms with E-state index in [4.69, 9.17) is 0 Å². The van der Waals surface area contributed by atoms with E-state index in [0.29, 0.717) is 24.1 Å². The second-order valence-electron chi connectivity index (χ2n) is 5.03. The fourth-order valence-electron chi connectivity index (χ4n) is 2.51. The minimum Gasteiger partial charge on any atom is -0.465 e. The van der Waals surface area contributed by atoms with E-state index in [2.05, 4.69) is 4.74 Å². The molecular formula is C14H19NO5S. The van der Waals surface area contributed by atoms with Crippen molar-refractivity contribution in [1.82, 2.24) is 4.31 Å². The molecule has 2 rings (SSSR count). The van der Waals surface area contributed by atoms with E-state index in [9.17, 15) is 18.3 Å². The summed E-state index contributed by atoms with van der Waals surface area (Å²) in [6.07, 6.45) is 1.46. The van der Waals surface area contributed by atoms with Gasteiger partial charge in [0.25, 0.3) is 0 Å². The monoisotopic (exact) mass is 313 g/mol. The summed E-state index contributed by atoms with van der Waals surface area (Å²) in [6, 6.07) is 5.99. The first-order valence-corrected chi connectivity index (χ1v) is 8.36. The molecule has 7 heteroatoms. The van der Waals surface area contributed by atoms with E-state index in [1.54, 1.807) is 24.3 Å². The van der Waals surface area contributed by atoms with Crippen molar-refractivity contribution in [2.45, 2.75) is 24.6 Å². The molecule has 6 nitrogen and oxygen atoms in total. The highest BCUT2D eigenvalue weighted by Gasteiger charge is 2.33. The Kier molecular flexibility index (Phi) is 4.97. The molecule has 1 aliphatic heterocycles. The van der Waals surface area contributed by atoms with Gasteiger partial charge in [0.05, 0.1) is 25.0 Å². The second kappa shape index (κ2) is 6.55. The van der Waals surface area contributed by atoms with E-state index < -0.39 is 16.0 Å². The van der Waals surface area contributed by atoms with E-state index in [1.807, 2.05) is 0 Å². The zero-order valence-electron chi connectivity index (χ0n) is 11.9. The van der Waals surface area contributed by atoms with E-state index in [-0.39, 0.29) is 18.4 Å². The van der Waals surface area contributed by atoms with Crippen molar-refractivity contribution >= 4 is 16.0 Å². The number of methoxy groups -OCH3 is 1. The number of rotatable bonds is 5. The molecule has 21 heavy (non-hydrogen) atoms. The molecule has 0 bridgehead atoms. The number of hydrogen-bond acceptors (Lipinski definition) is 5. The van der Waals surface area contributed by atoms with Gasteiger partial charge in [0, 0.05) is 12.6 Å². The molecule has 1 aromatic carbocycles. The molecule has 1 saturated heterocycles. The van der Waals surface area contributed by atoms with Gasteiger partial charge in [0.1, 0.15) is 0 Å². The summed E-state index contributed by atoms with van der Waals surface area (Å²) in [5.74, 6) is -0.588. The number of aliphatic hydroxyl groups excluding tert-OH is 1. The van der Waals surface area contributed by atoms with Gasteiger partial charge in [-0.2, -0.15) is 4.31 Å². The number of hydrogen-bond donors (Lipinski definition) is 1. The average molecular weight is 313 g/mol. The highest BCUT2D eigenvalue weighted by Crippen LogP contribution is 2.23. The topological polar surface area (TPSA) is 83.9 Å². The standard InChI is InChI=1S/C14H19NO5S/c1-20-14(17)12-6-4-11(5-7-12)10-21(18,19)15-8-2-3-13(15)9-16/h4-7,13,16H,2-3,8-10H2,1H3/t13-/m0/s1. The Hall–Kier alpha value is -1.44. The third-order valence-electron chi connectivity index (χ3n) is 3.62. The van der Waals surface area contributed by atoms with Crippen molar-refractivity contribution in [3.63, 3.8) is 0 Å². The Morgan fingerprint density at radius 1 is 1.38 bits per heavy atom. The third kappa shape index (κ3) is 3.61. The normalized spacial score (nSPS) is 19.6. The molecule has 1 fully saturated rings. The SMILES string of the molecule is COC(=O)c1ccc(CS(=O)(=O)N2CCC[C@H]2CO)cc1. The van der Waals surface area contributed by atoms with Crippen LogP contribution in [-0.2, 0) is 20.5 Å². The molecule has 0 saturated carbocycles. The first-order valence-electron chi connectivity index (χ1n) is 6.75. The van der Waals surface area contributed by atoms with Crippen LogP contribution in [0.5, 0.6) is 0 Å². The summed E-state index contributed by atoms with van der Waals surface area (Å²) in [5, 5.41) is 9.23. The summed E-state index contributed by atoms with van der Waals surface area (Å²) in [7, 11) is -2.16. The molecule has 0 unspecified atom stereocenters. The lowest BCUT2D eigenvalue weighted by atomic mass is 10.1. The van der Waals surface area contributed by atoms with E-state index >= 15 is 0 Å². The van der Waals surface area contributed by atoms with Crippen LogP contribution < -0.4 is 0 Å². The van der Waals surface area contributed by atoms with Crippen LogP contribution in [0.3, 0.4) is 0 Å². The second-order valence-corrected chi connectivity index (χ2v) is 6.96. The van der Waals surface area contributed by atoms with Gasteiger partial charge in [-0.3, -0.25) is 0 Å². The number of carbonyl (C=O) groups excluding carboxylic acids is 1. The number of nitrogens with zero attached hydrogens (tertiary/aromatic N) is 1. The summed E-state index contributed by atoms with van der Waals surface area (Å²) < 4.78 is 30.7. The molecular weight excluding hydrogens is 294 g/mol. The predicted octanol–water partition coefficient (Wildman–Crippen LogP) is 0.760. The summed E-state index contributed by atoms with van der Waals surface area (Å²) >= 11 is 0. The highest BCUT2D eigenvalue weighted by molar-refractivity contribution is 7.88. The first kappa shape index (κ1) is 15.9. The van der Waals surface area contributed by atoms with Gasteiger partial charge in [0.15, 0.2) is 0 Å². The van der Waals surface area contributed by atoms with Gasteiger partial charge < -0.3 is 9.84 Å². The molecule has 0 radical (unpaired) electrons. The fourth-order valence-corrected chi connectivity index (χ4v) is 4.32. The van der Waals surface area contributed by atoms with Crippen LogP contribution in [0.2, 0.25) is 0 Å². The Labute approximate surface area is 124 Å². The third-order valence-corrected chi connectivity index (χ3v) is 5.51. The largest absolute Gasteiger partial charge is 0.465 e. The number of sulfonamides is 1. The minimum absolute atomic E-state index is 0.134. The summed E-state index contributed by atoms with van der Waals surface area (Å²) in [6.45, 7) is 0.300. The maximum absolute atomic E-state index is 12.4. The number of ether oxygens (including phenoxy) is 1. The maximum Gasteiger partial charge on any atom is 0.337 e. The Balaban J connectivity index is 2.11. The maximum atomic E-state index is 12.4. The van der Waals surface area contributed by atoms with Gasteiger partial charge in [-0.25, -0.2) is 13.2 Å². The lowest BCUT2D eigenvalue weighted by Crippen LogP contribution is -2.38. The van der Waals surface area contributed by atoms with Gasteiger partial charge in [-0.05, 0) is 30.5 Å². The Bertz CT molecular complexity index is 596. The highest BCUT2D eigenvalue weighted by atomic mass is 32.2. The predicted molar refractivity (Wildman–Crippen MR) is 77.2 cm³/mol. The van der Waals surface area contributed by atoms with Crippen LogP contribution in [0.15, 0.2) is 24.3 Å².